The predicted molar refractivity (Wildman–Crippen MR) is 50.7 cm³/mol. The van der Waals surface area contributed by atoms with Crippen LogP contribution in [-0.2, 0) is 19.1 Å². The van der Waals surface area contributed by atoms with E-state index in [1.54, 1.807) is 6.92 Å². The first kappa shape index (κ1) is 12.6. The van der Waals surface area contributed by atoms with Crippen LogP contribution in [0.4, 0.5) is 0 Å². The lowest BCUT2D eigenvalue weighted by Gasteiger charge is -2.05. The number of hydrogen-bond donors (Lipinski definition) is 1. The first-order chi connectivity index (χ1) is 6.68. The quantitative estimate of drug-likeness (QED) is 0.257. The van der Waals surface area contributed by atoms with E-state index < -0.39 is 5.97 Å². The Morgan fingerprint density at radius 2 is 2.14 bits per heavy atom. The molecule has 14 heavy (non-hydrogen) atoms. The van der Waals surface area contributed by atoms with Crippen LogP contribution in [0.15, 0.2) is 12.2 Å². The Morgan fingerprint density at radius 1 is 1.43 bits per heavy atom. The van der Waals surface area contributed by atoms with Gasteiger partial charge in [-0.3, -0.25) is 4.79 Å². The summed E-state index contributed by atoms with van der Waals surface area (Å²) in [5.41, 5.74) is 0.368. The Bertz CT molecular complexity index is 203. The minimum Gasteiger partial charge on any atom is -0.460 e. The van der Waals surface area contributed by atoms with Crippen LogP contribution in [0.25, 0.3) is 0 Å². The maximum atomic E-state index is 10.8. The van der Waals surface area contributed by atoms with Gasteiger partial charge in [-0.1, -0.05) is 6.58 Å². The zero-order valence-electron chi connectivity index (χ0n) is 8.25. The van der Waals surface area contributed by atoms with Crippen molar-refractivity contribution in [2.45, 2.75) is 6.92 Å². The monoisotopic (exact) mass is 201 g/mol. The van der Waals surface area contributed by atoms with E-state index in [-0.39, 0.29) is 6.61 Å². The summed E-state index contributed by atoms with van der Waals surface area (Å²) in [4.78, 5) is 20.7. The van der Waals surface area contributed by atoms with E-state index in [0.29, 0.717) is 31.7 Å². The molecule has 0 aromatic rings. The molecule has 1 N–H and O–H groups in total. The van der Waals surface area contributed by atoms with Crippen LogP contribution in [0.1, 0.15) is 6.92 Å². The van der Waals surface area contributed by atoms with Gasteiger partial charge in [0.15, 0.2) is 0 Å². The third-order valence-corrected chi connectivity index (χ3v) is 1.28. The van der Waals surface area contributed by atoms with Crippen molar-refractivity contribution >= 4 is 12.4 Å². The Hall–Kier alpha value is -1.36. The molecular formula is C9H15NO4. The van der Waals surface area contributed by atoms with Crippen LogP contribution in [0.3, 0.4) is 0 Å². The number of carbonyl (C=O) groups excluding carboxylic acids is 2. The number of hydrogen-bond acceptors (Lipinski definition) is 4. The van der Waals surface area contributed by atoms with E-state index in [4.69, 9.17) is 9.47 Å². The van der Waals surface area contributed by atoms with Gasteiger partial charge in [0.05, 0.1) is 13.2 Å². The highest BCUT2D eigenvalue weighted by molar-refractivity contribution is 5.86. The maximum Gasteiger partial charge on any atom is 0.333 e. The van der Waals surface area contributed by atoms with Gasteiger partial charge in [-0.05, 0) is 6.92 Å². The minimum absolute atomic E-state index is 0.201. The van der Waals surface area contributed by atoms with E-state index in [1.807, 2.05) is 0 Å². The molecule has 0 saturated carbocycles. The molecule has 0 aliphatic rings. The van der Waals surface area contributed by atoms with E-state index >= 15 is 0 Å². The van der Waals surface area contributed by atoms with Crippen molar-refractivity contribution in [3.63, 3.8) is 0 Å². The summed E-state index contributed by atoms with van der Waals surface area (Å²) in [5, 5.41) is 2.44. The average Bonchev–Trinajstić information content (AvgIpc) is 2.16. The number of ether oxygens (including phenoxy) is 2. The number of esters is 1. The Labute approximate surface area is 83.1 Å². The first-order valence-corrected chi connectivity index (χ1v) is 4.26. The first-order valence-electron chi connectivity index (χ1n) is 4.26. The zero-order valence-corrected chi connectivity index (χ0v) is 8.25. The van der Waals surface area contributed by atoms with E-state index in [1.165, 1.54) is 0 Å². The molecule has 0 fully saturated rings. The van der Waals surface area contributed by atoms with Crippen molar-refractivity contribution < 1.29 is 19.1 Å². The molecule has 0 bridgehead atoms. The van der Waals surface area contributed by atoms with Gasteiger partial charge in [0, 0.05) is 12.1 Å². The molecule has 0 unspecified atom stereocenters. The largest absolute Gasteiger partial charge is 0.460 e. The second kappa shape index (κ2) is 8.25. The van der Waals surface area contributed by atoms with Crippen molar-refractivity contribution in [3.05, 3.63) is 12.2 Å². The summed E-state index contributed by atoms with van der Waals surface area (Å²) < 4.78 is 9.79. The van der Waals surface area contributed by atoms with Gasteiger partial charge >= 0.3 is 5.97 Å². The lowest BCUT2D eigenvalue weighted by atomic mass is 10.4. The molecule has 0 heterocycles. The van der Waals surface area contributed by atoms with Crippen LogP contribution in [0.5, 0.6) is 0 Å². The molecule has 0 aliphatic heterocycles. The highest BCUT2D eigenvalue weighted by Gasteiger charge is 2.01. The average molecular weight is 201 g/mol. The third kappa shape index (κ3) is 7.30. The molecule has 0 radical (unpaired) electrons. The summed E-state index contributed by atoms with van der Waals surface area (Å²) in [6, 6.07) is 0. The lowest BCUT2D eigenvalue weighted by molar-refractivity contribution is -0.140. The Balaban J connectivity index is 3.17. The molecule has 0 aromatic carbocycles. The van der Waals surface area contributed by atoms with Gasteiger partial charge in [0.1, 0.15) is 6.61 Å². The Morgan fingerprint density at radius 3 is 2.71 bits per heavy atom. The second-order valence-electron chi connectivity index (χ2n) is 2.60. The normalized spacial score (nSPS) is 9.21. The minimum atomic E-state index is -0.417. The molecule has 0 aliphatic carbocycles. The fraction of sp³-hybridized carbons (Fsp3) is 0.556. The van der Waals surface area contributed by atoms with Gasteiger partial charge in [-0.15, -0.1) is 0 Å². The number of nitrogens with one attached hydrogen (secondary N) is 1. The molecule has 0 spiro atoms. The summed E-state index contributed by atoms with van der Waals surface area (Å²) >= 11 is 0. The van der Waals surface area contributed by atoms with E-state index in [0.717, 1.165) is 0 Å². The second-order valence-corrected chi connectivity index (χ2v) is 2.60. The van der Waals surface area contributed by atoms with Crippen LogP contribution in [0, 0.1) is 0 Å². The van der Waals surface area contributed by atoms with E-state index in [2.05, 4.69) is 11.9 Å². The van der Waals surface area contributed by atoms with Crippen molar-refractivity contribution in [1.82, 2.24) is 5.32 Å². The lowest BCUT2D eigenvalue weighted by Crippen LogP contribution is -2.19. The molecule has 5 nitrogen and oxygen atoms in total. The van der Waals surface area contributed by atoms with Crippen molar-refractivity contribution in [1.29, 1.82) is 0 Å². The van der Waals surface area contributed by atoms with Crippen molar-refractivity contribution in [3.8, 4) is 0 Å². The van der Waals surface area contributed by atoms with Gasteiger partial charge in [-0.2, -0.15) is 0 Å². The molecular weight excluding hydrogens is 186 g/mol. The zero-order chi connectivity index (χ0) is 10.8. The van der Waals surface area contributed by atoms with E-state index in [9.17, 15) is 9.59 Å². The molecule has 0 saturated heterocycles. The van der Waals surface area contributed by atoms with Gasteiger partial charge in [-0.25, -0.2) is 4.79 Å². The fourth-order valence-electron chi connectivity index (χ4n) is 0.609. The maximum absolute atomic E-state index is 10.8. The van der Waals surface area contributed by atoms with Crippen molar-refractivity contribution in [2.24, 2.45) is 0 Å². The summed E-state index contributed by atoms with van der Waals surface area (Å²) in [7, 11) is 0. The molecule has 5 heteroatoms. The number of carbonyl (C=O) groups is 2. The molecule has 0 rings (SSSR count). The topological polar surface area (TPSA) is 64.6 Å². The van der Waals surface area contributed by atoms with Crippen molar-refractivity contribution in [2.75, 3.05) is 26.4 Å². The van der Waals surface area contributed by atoms with Gasteiger partial charge < -0.3 is 14.8 Å². The number of amides is 1. The van der Waals surface area contributed by atoms with Crippen LogP contribution >= 0.6 is 0 Å². The summed E-state index contributed by atoms with van der Waals surface area (Å²) in [6.07, 6.45) is 0.602. The van der Waals surface area contributed by atoms with Gasteiger partial charge in [0.25, 0.3) is 0 Å². The molecule has 80 valence electrons. The molecule has 0 atom stereocenters. The third-order valence-electron chi connectivity index (χ3n) is 1.28. The van der Waals surface area contributed by atoms with Crippen LogP contribution in [-0.4, -0.2) is 38.7 Å². The highest BCUT2D eigenvalue weighted by atomic mass is 16.6. The van der Waals surface area contributed by atoms with Crippen LogP contribution in [0.2, 0.25) is 0 Å². The Kier molecular flexibility index (Phi) is 7.45. The number of rotatable bonds is 8. The molecule has 1 amide bonds. The fourth-order valence-corrected chi connectivity index (χ4v) is 0.609. The molecule has 0 aromatic heterocycles. The van der Waals surface area contributed by atoms with Gasteiger partial charge in [0.2, 0.25) is 6.41 Å². The smallest absolute Gasteiger partial charge is 0.333 e. The standard InChI is InChI=1S/C9H15NO4/c1-8(2)9(12)14-6-5-13-4-3-10-7-11/h7H,1,3-6H2,2H3,(H,10,11). The SMILES string of the molecule is C=C(C)C(=O)OCCOCCNC=O. The summed E-state index contributed by atoms with van der Waals surface area (Å²) in [5.74, 6) is -0.417. The highest BCUT2D eigenvalue weighted by Crippen LogP contribution is 1.91. The van der Waals surface area contributed by atoms with Crippen LogP contribution < -0.4 is 5.32 Å². The summed E-state index contributed by atoms with van der Waals surface area (Å²) in [6.45, 7) is 6.39. The predicted octanol–water partition coefficient (Wildman–Crippen LogP) is -0.132.